The highest BCUT2D eigenvalue weighted by Gasteiger charge is 2.33. The Kier molecular flexibility index (Phi) is 2.40. The first-order valence-corrected chi connectivity index (χ1v) is 5.36. The lowest BCUT2D eigenvalue weighted by Crippen LogP contribution is -2.17. The van der Waals surface area contributed by atoms with Crippen LogP contribution in [0.4, 0.5) is 13.2 Å². The molecule has 0 bridgehead atoms. The molecule has 6 nitrogen and oxygen atoms in total. The van der Waals surface area contributed by atoms with Crippen LogP contribution in [0.3, 0.4) is 0 Å². The lowest BCUT2D eigenvalue weighted by atomic mass is 10.1. The molecule has 9 heteroatoms. The van der Waals surface area contributed by atoms with Crippen LogP contribution < -0.4 is 11.4 Å². The van der Waals surface area contributed by atoms with Gasteiger partial charge in [-0.15, -0.1) is 0 Å². The third-order valence-corrected chi connectivity index (χ3v) is 2.72. The topological polar surface area (TPSA) is 91.5 Å². The summed E-state index contributed by atoms with van der Waals surface area (Å²) in [5.74, 6) is 0. The van der Waals surface area contributed by atoms with E-state index in [-0.39, 0.29) is 22.1 Å². The maximum atomic E-state index is 13.0. The van der Waals surface area contributed by atoms with E-state index in [1.807, 2.05) is 0 Å². The fraction of sp³-hybridized carbons (Fsp3) is 0.0909. The number of benzene rings is 1. The Balaban J connectivity index is 2.62. The molecule has 0 aliphatic carbocycles. The van der Waals surface area contributed by atoms with Crippen molar-refractivity contribution in [1.82, 2.24) is 19.9 Å². The van der Waals surface area contributed by atoms with Crippen LogP contribution >= 0.6 is 0 Å². The zero-order chi connectivity index (χ0) is 14.5. The predicted molar refractivity (Wildman–Crippen MR) is 63.3 cm³/mol. The normalized spacial score (nSPS) is 12.2. The molecule has 0 atom stereocenters. The highest BCUT2D eigenvalue weighted by Crippen LogP contribution is 2.36. The molecule has 3 rings (SSSR count). The van der Waals surface area contributed by atoms with E-state index in [4.69, 9.17) is 0 Å². The van der Waals surface area contributed by atoms with Crippen molar-refractivity contribution in [2.75, 3.05) is 0 Å². The van der Waals surface area contributed by atoms with Gasteiger partial charge in [-0.05, 0) is 12.1 Å². The van der Waals surface area contributed by atoms with Gasteiger partial charge in [0.2, 0.25) is 0 Å². The molecule has 2 heterocycles. The largest absolute Gasteiger partial charge is 0.417 e. The first-order chi connectivity index (χ1) is 9.36. The van der Waals surface area contributed by atoms with Crippen LogP contribution in [0.15, 0.2) is 27.8 Å². The second kappa shape index (κ2) is 3.89. The molecule has 0 amide bonds. The summed E-state index contributed by atoms with van der Waals surface area (Å²) in [5, 5.41) is -0.288. The summed E-state index contributed by atoms with van der Waals surface area (Å²) in [5.41, 5.74) is -3.38. The number of aromatic amines is 2. The molecule has 0 radical (unpaired) electrons. The van der Waals surface area contributed by atoms with Crippen LogP contribution in [0.1, 0.15) is 5.56 Å². The van der Waals surface area contributed by atoms with E-state index in [1.165, 1.54) is 12.1 Å². The molecule has 0 saturated carbocycles. The minimum Gasteiger partial charge on any atom is -0.338 e. The summed E-state index contributed by atoms with van der Waals surface area (Å²) in [6, 6.07) is 3.46. The van der Waals surface area contributed by atoms with Gasteiger partial charge in [-0.3, -0.25) is 4.98 Å². The van der Waals surface area contributed by atoms with Crippen molar-refractivity contribution in [3.8, 4) is 0 Å². The second-order valence-corrected chi connectivity index (χ2v) is 4.01. The molecular formula is C11H5F3N4O2. The number of rotatable bonds is 0. The van der Waals surface area contributed by atoms with E-state index in [0.29, 0.717) is 0 Å². The number of hydrogen-bond acceptors (Lipinski definition) is 4. The van der Waals surface area contributed by atoms with Gasteiger partial charge >= 0.3 is 17.6 Å². The molecule has 0 fully saturated rings. The van der Waals surface area contributed by atoms with Gasteiger partial charge in [0.05, 0.1) is 5.56 Å². The van der Waals surface area contributed by atoms with Crippen molar-refractivity contribution >= 4 is 22.1 Å². The molecule has 0 aliphatic heterocycles. The van der Waals surface area contributed by atoms with Crippen molar-refractivity contribution in [2.24, 2.45) is 0 Å². The van der Waals surface area contributed by atoms with Gasteiger partial charge in [0.15, 0.2) is 5.65 Å². The van der Waals surface area contributed by atoms with Crippen molar-refractivity contribution in [3.05, 3.63) is 44.7 Å². The lowest BCUT2D eigenvalue weighted by Gasteiger charge is -2.07. The standard InChI is InChI=1S/C11H5F3N4O2/c12-11(13,14)4-2-1-3-5-6(4)7-8(15-5)17-10(20)18-9(19)16-7/h1-3H,(H2,15,16,17,18,19,20). The molecule has 1 aromatic carbocycles. The molecule has 2 aromatic heterocycles. The third-order valence-electron chi connectivity index (χ3n) is 2.72. The molecule has 3 aromatic rings. The highest BCUT2D eigenvalue weighted by molar-refractivity contribution is 6.05. The molecule has 0 unspecified atom stereocenters. The van der Waals surface area contributed by atoms with E-state index < -0.39 is 23.1 Å². The van der Waals surface area contributed by atoms with Gasteiger partial charge in [-0.2, -0.15) is 23.1 Å². The number of alkyl halides is 3. The van der Waals surface area contributed by atoms with Gasteiger partial charge in [-0.25, -0.2) is 9.59 Å². The van der Waals surface area contributed by atoms with E-state index in [9.17, 15) is 22.8 Å². The Bertz CT molecular complexity index is 942. The summed E-state index contributed by atoms with van der Waals surface area (Å²) >= 11 is 0. The van der Waals surface area contributed by atoms with Crippen LogP contribution in [-0.2, 0) is 6.18 Å². The Morgan fingerprint density at radius 3 is 2.40 bits per heavy atom. The minimum atomic E-state index is -4.61. The van der Waals surface area contributed by atoms with Gasteiger partial charge in [0.25, 0.3) is 0 Å². The number of hydrogen-bond donors (Lipinski definition) is 2. The monoisotopic (exact) mass is 282 g/mol. The van der Waals surface area contributed by atoms with E-state index in [2.05, 4.69) is 15.0 Å². The SMILES string of the molecule is O=c1nc2[nH]c3cccc(C(F)(F)F)c3c2nc(=O)[nH]1. The van der Waals surface area contributed by atoms with Gasteiger partial charge < -0.3 is 4.98 Å². The summed E-state index contributed by atoms with van der Waals surface area (Å²) < 4.78 is 39.0. The summed E-state index contributed by atoms with van der Waals surface area (Å²) in [7, 11) is 0. The zero-order valence-electron chi connectivity index (χ0n) is 9.58. The Morgan fingerprint density at radius 2 is 1.70 bits per heavy atom. The molecular weight excluding hydrogens is 277 g/mol. The number of fused-ring (bicyclic) bond motifs is 3. The Labute approximate surface area is 107 Å². The average molecular weight is 282 g/mol. The summed E-state index contributed by atoms with van der Waals surface area (Å²) in [6.07, 6.45) is -4.61. The number of H-pyrrole nitrogens is 2. The molecule has 102 valence electrons. The first-order valence-electron chi connectivity index (χ1n) is 5.36. The van der Waals surface area contributed by atoms with Crippen LogP contribution in [0.25, 0.3) is 22.1 Å². The third kappa shape index (κ3) is 1.83. The van der Waals surface area contributed by atoms with Crippen molar-refractivity contribution in [1.29, 1.82) is 0 Å². The fourth-order valence-electron chi connectivity index (χ4n) is 1.99. The number of nitrogens with one attached hydrogen (secondary N) is 2. The summed E-state index contributed by atoms with van der Waals surface area (Å²) in [6.45, 7) is 0. The molecule has 2 N–H and O–H groups in total. The average Bonchev–Trinajstić information content (AvgIpc) is 2.58. The van der Waals surface area contributed by atoms with E-state index >= 15 is 0 Å². The fourth-order valence-corrected chi connectivity index (χ4v) is 1.99. The Morgan fingerprint density at radius 1 is 1.00 bits per heavy atom. The maximum absolute atomic E-state index is 13.0. The first kappa shape index (κ1) is 12.3. The molecule has 0 aliphatic rings. The number of halogens is 3. The maximum Gasteiger partial charge on any atom is 0.417 e. The molecule has 0 saturated heterocycles. The molecule has 0 spiro atoms. The highest BCUT2D eigenvalue weighted by atomic mass is 19.4. The Hall–Kier alpha value is -2.71. The molecule has 20 heavy (non-hydrogen) atoms. The van der Waals surface area contributed by atoms with Gasteiger partial charge in [-0.1, -0.05) is 6.07 Å². The van der Waals surface area contributed by atoms with Gasteiger partial charge in [0, 0.05) is 10.9 Å². The van der Waals surface area contributed by atoms with Crippen LogP contribution in [0.2, 0.25) is 0 Å². The quantitative estimate of drug-likeness (QED) is 0.647. The lowest BCUT2D eigenvalue weighted by molar-refractivity contribution is -0.136. The van der Waals surface area contributed by atoms with E-state index in [1.54, 1.807) is 4.98 Å². The van der Waals surface area contributed by atoms with E-state index in [0.717, 1.165) is 6.07 Å². The van der Waals surface area contributed by atoms with Crippen molar-refractivity contribution < 1.29 is 13.2 Å². The van der Waals surface area contributed by atoms with Crippen LogP contribution in [0.5, 0.6) is 0 Å². The predicted octanol–water partition coefficient (Wildman–Crippen LogP) is 1.18. The van der Waals surface area contributed by atoms with Gasteiger partial charge in [0.1, 0.15) is 5.52 Å². The number of aromatic nitrogens is 4. The second-order valence-electron chi connectivity index (χ2n) is 4.01. The van der Waals surface area contributed by atoms with Crippen molar-refractivity contribution in [2.45, 2.75) is 6.18 Å². The van der Waals surface area contributed by atoms with Crippen molar-refractivity contribution in [3.63, 3.8) is 0 Å². The van der Waals surface area contributed by atoms with Crippen LogP contribution in [0, 0.1) is 0 Å². The summed E-state index contributed by atoms with van der Waals surface area (Å²) in [4.78, 5) is 33.8. The number of nitrogens with zero attached hydrogens (tertiary/aromatic N) is 2. The zero-order valence-corrected chi connectivity index (χ0v) is 9.58. The smallest absolute Gasteiger partial charge is 0.338 e. The van der Waals surface area contributed by atoms with Crippen LogP contribution in [-0.4, -0.2) is 19.9 Å². The minimum absolute atomic E-state index is 0.0971.